The molecule has 1 rings (SSSR count). The molecule has 0 spiro atoms. The van der Waals surface area contributed by atoms with Crippen molar-refractivity contribution in [2.45, 2.75) is 26.3 Å². The molecule has 0 bridgehead atoms. The third kappa shape index (κ3) is 4.16. The zero-order valence-electron chi connectivity index (χ0n) is 9.56. The van der Waals surface area contributed by atoms with Crippen molar-refractivity contribution in [2.75, 3.05) is 6.61 Å². The molecule has 1 unspecified atom stereocenters. The molecule has 1 aromatic heterocycles. The Labute approximate surface area is 99.8 Å². The number of hydrogen-bond donors (Lipinski definition) is 2. The molecule has 1 aromatic rings. The van der Waals surface area contributed by atoms with E-state index in [4.69, 9.17) is 5.11 Å². The van der Waals surface area contributed by atoms with Gasteiger partial charge in [0.15, 0.2) is 0 Å². The van der Waals surface area contributed by atoms with Gasteiger partial charge in [-0.05, 0) is 31.6 Å². The maximum absolute atomic E-state index is 11.4. The molecule has 0 fully saturated rings. The highest BCUT2D eigenvalue weighted by atomic mass is 32.1. The largest absolute Gasteiger partial charge is 0.394 e. The molecule has 2 N–H and O–H groups in total. The van der Waals surface area contributed by atoms with Crippen LogP contribution in [0.15, 0.2) is 18.2 Å². The summed E-state index contributed by atoms with van der Waals surface area (Å²) in [5.41, 5.74) is 0. The van der Waals surface area contributed by atoms with Gasteiger partial charge in [-0.3, -0.25) is 4.79 Å². The molecule has 0 saturated heterocycles. The zero-order valence-corrected chi connectivity index (χ0v) is 10.4. The van der Waals surface area contributed by atoms with Gasteiger partial charge >= 0.3 is 0 Å². The first-order valence-electron chi connectivity index (χ1n) is 5.31. The molecule has 16 heavy (non-hydrogen) atoms. The van der Waals surface area contributed by atoms with E-state index in [-0.39, 0.29) is 18.6 Å². The van der Waals surface area contributed by atoms with Crippen LogP contribution in [0.1, 0.15) is 23.1 Å². The van der Waals surface area contributed by atoms with Crippen LogP contribution >= 0.6 is 11.3 Å². The summed E-state index contributed by atoms with van der Waals surface area (Å²) in [6, 6.07) is 3.85. The number of rotatable bonds is 5. The molecule has 4 heteroatoms. The summed E-state index contributed by atoms with van der Waals surface area (Å²) in [4.78, 5) is 13.7. The molecule has 1 heterocycles. The van der Waals surface area contributed by atoms with Crippen LogP contribution in [-0.2, 0) is 4.79 Å². The van der Waals surface area contributed by atoms with Gasteiger partial charge in [0.25, 0.3) is 0 Å². The van der Waals surface area contributed by atoms with Crippen molar-refractivity contribution in [3.05, 3.63) is 28.0 Å². The average Bonchev–Trinajstić information content (AvgIpc) is 2.69. The minimum absolute atomic E-state index is 0.0197. The molecule has 0 saturated carbocycles. The number of thiophene rings is 1. The molecule has 88 valence electrons. The van der Waals surface area contributed by atoms with E-state index in [2.05, 4.69) is 5.32 Å². The van der Waals surface area contributed by atoms with E-state index in [1.165, 1.54) is 11.0 Å². The van der Waals surface area contributed by atoms with Crippen LogP contribution in [0, 0.1) is 6.92 Å². The monoisotopic (exact) mass is 239 g/mol. The van der Waals surface area contributed by atoms with Crippen LogP contribution in [0.4, 0.5) is 0 Å². The van der Waals surface area contributed by atoms with Gasteiger partial charge in [0, 0.05) is 15.8 Å². The molecular formula is C12H17NO2S. The van der Waals surface area contributed by atoms with Crippen LogP contribution in [0.3, 0.4) is 0 Å². The van der Waals surface area contributed by atoms with Crippen molar-refractivity contribution in [1.29, 1.82) is 0 Å². The summed E-state index contributed by atoms with van der Waals surface area (Å²) in [5, 5.41) is 11.6. The van der Waals surface area contributed by atoms with Gasteiger partial charge in [-0.2, -0.15) is 0 Å². The number of aryl methyl sites for hydroxylation is 1. The van der Waals surface area contributed by atoms with Gasteiger partial charge in [0.1, 0.15) is 0 Å². The fourth-order valence-corrected chi connectivity index (χ4v) is 2.01. The maximum atomic E-state index is 11.4. The van der Waals surface area contributed by atoms with Crippen LogP contribution in [-0.4, -0.2) is 23.7 Å². The van der Waals surface area contributed by atoms with Crippen molar-refractivity contribution >= 4 is 23.3 Å². The van der Waals surface area contributed by atoms with Crippen molar-refractivity contribution in [3.8, 4) is 0 Å². The zero-order chi connectivity index (χ0) is 12.0. The Bertz CT molecular complexity index is 367. The Balaban J connectivity index is 2.48. The predicted molar refractivity (Wildman–Crippen MR) is 67.4 cm³/mol. The number of amides is 1. The molecule has 0 aliphatic heterocycles. The second-order valence-corrected chi connectivity index (χ2v) is 4.90. The Morgan fingerprint density at radius 1 is 1.62 bits per heavy atom. The Hall–Kier alpha value is -1.13. The van der Waals surface area contributed by atoms with Gasteiger partial charge in [-0.25, -0.2) is 0 Å². The van der Waals surface area contributed by atoms with E-state index in [1.54, 1.807) is 17.4 Å². The number of aliphatic hydroxyl groups is 1. The third-order valence-corrected chi connectivity index (χ3v) is 3.19. The number of carbonyl (C=O) groups excluding carboxylic acids is 1. The lowest BCUT2D eigenvalue weighted by atomic mass is 10.2. The van der Waals surface area contributed by atoms with Crippen LogP contribution in [0.2, 0.25) is 0 Å². The topological polar surface area (TPSA) is 49.3 Å². The summed E-state index contributed by atoms with van der Waals surface area (Å²) < 4.78 is 0. The second kappa shape index (κ2) is 6.45. The van der Waals surface area contributed by atoms with E-state index in [1.807, 2.05) is 26.0 Å². The molecular weight excluding hydrogens is 222 g/mol. The standard InChI is InChI=1S/C12H17NO2S/c1-3-10(8-14)13-12(15)7-6-11-5-4-9(2)16-11/h4-7,10,14H,3,8H2,1-2H3,(H,13,15)/b7-6+. The first-order valence-corrected chi connectivity index (χ1v) is 6.13. The van der Waals surface area contributed by atoms with Gasteiger partial charge in [0.05, 0.1) is 12.6 Å². The molecule has 1 amide bonds. The Morgan fingerprint density at radius 2 is 2.38 bits per heavy atom. The summed E-state index contributed by atoms with van der Waals surface area (Å²) in [7, 11) is 0. The van der Waals surface area contributed by atoms with Gasteiger partial charge in [-0.1, -0.05) is 6.92 Å². The number of nitrogens with one attached hydrogen (secondary N) is 1. The number of carbonyl (C=O) groups is 1. The van der Waals surface area contributed by atoms with Crippen molar-refractivity contribution in [1.82, 2.24) is 5.32 Å². The fourth-order valence-electron chi connectivity index (χ4n) is 1.23. The molecule has 0 aliphatic rings. The Morgan fingerprint density at radius 3 is 2.88 bits per heavy atom. The quantitative estimate of drug-likeness (QED) is 0.772. The minimum Gasteiger partial charge on any atom is -0.394 e. The van der Waals surface area contributed by atoms with E-state index < -0.39 is 0 Å². The predicted octanol–water partition coefficient (Wildman–Crippen LogP) is 1.96. The summed E-state index contributed by atoms with van der Waals surface area (Å²) in [6.07, 6.45) is 4.02. The summed E-state index contributed by atoms with van der Waals surface area (Å²) in [5.74, 6) is -0.160. The van der Waals surface area contributed by atoms with Crippen LogP contribution < -0.4 is 5.32 Å². The van der Waals surface area contributed by atoms with Crippen molar-refractivity contribution < 1.29 is 9.90 Å². The molecule has 3 nitrogen and oxygen atoms in total. The second-order valence-electron chi connectivity index (χ2n) is 3.58. The SMILES string of the molecule is CCC(CO)NC(=O)/C=C/c1ccc(C)s1. The highest BCUT2D eigenvalue weighted by Crippen LogP contribution is 2.16. The van der Waals surface area contributed by atoms with E-state index in [9.17, 15) is 4.79 Å². The summed E-state index contributed by atoms with van der Waals surface area (Å²) in [6.45, 7) is 3.93. The van der Waals surface area contributed by atoms with E-state index >= 15 is 0 Å². The number of aliphatic hydroxyl groups excluding tert-OH is 1. The molecule has 0 aromatic carbocycles. The first-order chi connectivity index (χ1) is 7.65. The minimum atomic E-state index is -0.160. The number of hydrogen-bond acceptors (Lipinski definition) is 3. The highest BCUT2D eigenvalue weighted by molar-refractivity contribution is 7.12. The van der Waals surface area contributed by atoms with Crippen molar-refractivity contribution in [2.24, 2.45) is 0 Å². The van der Waals surface area contributed by atoms with E-state index in [0.29, 0.717) is 0 Å². The lowest BCUT2D eigenvalue weighted by Gasteiger charge is -2.11. The van der Waals surface area contributed by atoms with Gasteiger partial charge in [-0.15, -0.1) is 11.3 Å². The lowest BCUT2D eigenvalue weighted by molar-refractivity contribution is -0.117. The normalized spacial score (nSPS) is 12.9. The van der Waals surface area contributed by atoms with Gasteiger partial charge in [0.2, 0.25) is 5.91 Å². The maximum Gasteiger partial charge on any atom is 0.244 e. The Kier molecular flexibility index (Phi) is 5.22. The van der Waals surface area contributed by atoms with Crippen molar-refractivity contribution in [3.63, 3.8) is 0 Å². The van der Waals surface area contributed by atoms with Gasteiger partial charge < -0.3 is 10.4 Å². The fraction of sp³-hybridized carbons (Fsp3) is 0.417. The summed E-state index contributed by atoms with van der Waals surface area (Å²) >= 11 is 1.64. The smallest absolute Gasteiger partial charge is 0.244 e. The van der Waals surface area contributed by atoms with Crippen LogP contribution in [0.25, 0.3) is 6.08 Å². The van der Waals surface area contributed by atoms with Crippen LogP contribution in [0.5, 0.6) is 0 Å². The van der Waals surface area contributed by atoms with E-state index in [0.717, 1.165) is 11.3 Å². The molecule has 0 radical (unpaired) electrons. The first kappa shape index (κ1) is 12.9. The lowest BCUT2D eigenvalue weighted by Crippen LogP contribution is -2.35. The average molecular weight is 239 g/mol. The third-order valence-electron chi connectivity index (χ3n) is 2.22. The molecule has 0 aliphatic carbocycles. The molecule has 1 atom stereocenters. The highest BCUT2D eigenvalue weighted by Gasteiger charge is 2.05.